The zero-order chi connectivity index (χ0) is 35.6. The van der Waals surface area contributed by atoms with Gasteiger partial charge in [-0.3, -0.25) is 14.2 Å². The molecule has 1 aliphatic heterocycles. The van der Waals surface area contributed by atoms with E-state index in [9.17, 15) is 14.0 Å². The normalized spacial score (nSPS) is 19.8. The highest BCUT2D eigenvalue weighted by Crippen LogP contribution is 2.43. The summed E-state index contributed by atoms with van der Waals surface area (Å²) in [6.07, 6.45) is 4.33. The summed E-state index contributed by atoms with van der Waals surface area (Å²) in [6, 6.07) is 20.0. The predicted octanol–water partition coefficient (Wildman–Crippen LogP) is 4.45. The Morgan fingerprint density at radius 3 is 2.16 bits per heavy atom. The Morgan fingerprint density at radius 1 is 1.02 bits per heavy atom. The number of hydrogen-bond acceptors (Lipinski definition) is 10. The Hall–Kier alpha value is -4.64. The summed E-state index contributed by atoms with van der Waals surface area (Å²) < 4.78 is 40.9. The second kappa shape index (κ2) is 13.7. The Labute approximate surface area is 286 Å². The van der Waals surface area contributed by atoms with Crippen LogP contribution in [-0.4, -0.2) is 63.7 Å². The van der Waals surface area contributed by atoms with E-state index in [2.05, 4.69) is 65.9 Å². The van der Waals surface area contributed by atoms with Gasteiger partial charge in [-0.1, -0.05) is 87.4 Å². The van der Waals surface area contributed by atoms with Crippen LogP contribution in [0.15, 0.2) is 67.0 Å². The Bertz CT molecular complexity index is 1810. The van der Waals surface area contributed by atoms with E-state index in [0.717, 1.165) is 10.4 Å². The number of carbonyl (C=O) groups is 2. The number of carbonyl (C=O) groups excluding carboxylic acids is 2. The topological polar surface area (TPSA) is 141 Å². The molecule has 3 heterocycles. The van der Waals surface area contributed by atoms with E-state index in [1.54, 1.807) is 20.8 Å². The summed E-state index contributed by atoms with van der Waals surface area (Å²) >= 11 is 0. The molecular formula is C36H42FN5O6Si. The third-order valence-electron chi connectivity index (χ3n) is 8.40. The van der Waals surface area contributed by atoms with Crippen molar-refractivity contribution < 1.29 is 32.6 Å². The van der Waals surface area contributed by atoms with Gasteiger partial charge < -0.3 is 24.4 Å². The molecule has 2 aromatic heterocycles. The molecule has 1 saturated heterocycles. The average Bonchev–Trinajstić information content (AvgIpc) is 3.62. The molecule has 0 amide bonds. The summed E-state index contributed by atoms with van der Waals surface area (Å²) in [5.74, 6) is 1.42. The molecule has 49 heavy (non-hydrogen) atoms. The van der Waals surface area contributed by atoms with Crippen LogP contribution in [0.4, 0.5) is 10.2 Å². The van der Waals surface area contributed by atoms with Crippen molar-refractivity contribution in [2.24, 2.45) is 0 Å². The monoisotopic (exact) mass is 687 g/mol. The number of hydrogen-bond donors (Lipinski definition) is 1. The van der Waals surface area contributed by atoms with E-state index >= 15 is 0 Å². The van der Waals surface area contributed by atoms with Gasteiger partial charge in [0.2, 0.25) is 0 Å². The Morgan fingerprint density at radius 2 is 1.61 bits per heavy atom. The fraction of sp³-hybridized carbons (Fsp3) is 0.417. The summed E-state index contributed by atoms with van der Waals surface area (Å²) in [5.41, 5.74) is 3.88. The van der Waals surface area contributed by atoms with E-state index in [1.807, 2.05) is 36.4 Å². The van der Waals surface area contributed by atoms with Gasteiger partial charge in [0.1, 0.15) is 17.9 Å². The first-order chi connectivity index (χ1) is 23.1. The van der Waals surface area contributed by atoms with Crippen LogP contribution in [0.5, 0.6) is 0 Å². The molecule has 0 radical (unpaired) electrons. The van der Waals surface area contributed by atoms with E-state index in [-0.39, 0.29) is 42.9 Å². The van der Waals surface area contributed by atoms with Crippen molar-refractivity contribution in [2.45, 2.75) is 89.4 Å². The standard InChI is InChI=1S/C36H42FN5O6Si/c1-8-36(22-45-49(35(5,6)7,24-15-11-9-12-16-24)25-17-13-10-14-18-25)26(46-28(43)19-20-29(44)48-34(2,3)4)21-27(47-36)42-23-39-30-31(38)40-33(37)41-32(30)42/h1,9-18,23,26-27H,19-22H2,2-7H3,(H2,38,40,41)/t26-,27+,36+/m0/s1. The number of anilines is 1. The lowest BCUT2D eigenvalue weighted by Crippen LogP contribution is -2.68. The summed E-state index contributed by atoms with van der Waals surface area (Å²) in [7, 11) is -3.13. The fourth-order valence-corrected chi connectivity index (χ4v) is 10.8. The minimum absolute atomic E-state index is 0.0451. The van der Waals surface area contributed by atoms with Crippen molar-refractivity contribution in [1.82, 2.24) is 19.5 Å². The predicted molar refractivity (Wildman–Crippen MR) is 185 cm³/mol. The lowest BCUT2D eigenvalue weighted by atomic mass is 9.98. The quantitative estimate of drug-likeness (QED) is 0.110. The Kier molecular flexibility index (Phi) is 9.97. The maximum atomic E-state index is 14.3. The summed E-state index contributed by atoms with van der Waals surface area (Å²) in [4.78, 5) is 37.4. The van der Waals surface area contributed by atoms with Crippen LogP contribution < -0.4 is 16.1 Å². The molecule has 0 unspecified atom stereocenters. The molecule has 0 spiro atoms. The number of esters is 2. The summed E-state index contributed by atoms with van der Waals surface area (Å²) in [6.45, 7) is 11.5. The molecule has 11 nitrogen and oxygen atoms in total. The van der Waals surface area contributed by atoms with Crippen molar-refractivity contribution in [1.29, 1.82) is 0 Å². The van der Waals surface area contributed by atoms with Crippen LogP contribution in [-0.2, 0) is 28.2 Å². The Balaban J connectivity index is 1.53. The molecule has 2 N–H and O–H groups in total. The van der Waals surface area contributed by atoms with Gasteiger partial charge in [0.15, 0.2) is 22.6 Å². The number of terminal acetylenes is 1. The highest BCUT2D eigenvalue weighted by molar-refractivity contribution is 6.99. The average molecular weight is 688 g/mol. The van der Waals surface area contributed by atoms with Crippen LogP contribution in [0.3, 0.4) is 0 Å². The molecule has 4 aromatic rings. The number of nitrogens with zero attached hydrogens (tertiary/aromatic N) is 4. The highest BCUT2D eigenvalue weighted by Gasteiger charge is 2.56. The van der Waals surface area contributed by atoms with E-state index in [0.29, 0.717) is 0 Å². The van der Waals surface area contributed by atoms with Crippen LogP contribution in [0.1, 0.15) is 67.0 Å². The molecule has 0 saturated carbocycles. The highest BCUT2D eigenvalue weighted by atomic mass is 28.4. The van der Waals surface area contributed by atoms with Gasteiger partial charge in [0, 0.05) is 6.42 Å². The van der Waals surface area contributed by atoms with Crippen molar-refractivity contribution >= 4 is 47.6 Å². The second-order valence-electron chi connectivity index (χ2n) is 14.1. The largest absolute Gasteiger partial charge is 0.460 e. The van der Waals surface area contributed by atoms with E-state index in [1.165, 1.54) is 10.9 Å². The lowest BCUT2D eigenvalue weighted by Gasteiger charge is -2.44. The van der Waals surface area contributed by atoms with Crippen molar-refractivity contribution in [3.05, 3.63) is 73.1 Å². The van der Waals surface area contributed by atoms with E-state index in [4.69, 9.17) is 30.8 Å². The SMILES string of the molecule is C#C[C@]1(CO[Si](c2ccccc2)(c2ccccc2)C(C)(C)C)O[C@@H](n2cnc3c(N)nc(F)nc32)C[C@@H]1OC(=O)CCC(=O)OC(C)(C)C. The van der Waals surface area contributed by atoms with Gasteiger partial charge in [0.05, 0.1) is 25.8 Å². The molecule has 3 atom stereocenters. The third kappa shape index (κ3) is 7.36. The van der Waals surface area contributed by atoms with Crippen molar-refractivity contribution in [3.8, 4) is 12.3 Å². The molecule has 13 heteroatoms. The molecule has 1 fully saturated rings. The van der Waals surface area contributed by atoms with Gasteiger partial charge in [-0.15, -0.1) is 6.42 Å². The van der Waals surface area contributed by atoms with Gasteiger partial charge in [0.25, 0.3) is 8.32 Å². The first-order valence-corrected chi connectivity index (χ1v) is 18.0. The molecule has 1 aliphatic rings. The molecular weight excluding hydrogens is 646 g/mol. The zero-order valence-electron chi connectivity index (χ0n) is 28.6. The molecule has 0 aliphatic carbocycles. The number of nitrogens with two attached hydrogens (primary N) is 1. The third-order valence-corrected chi connectivity index (χ3v) is 13.4. The minimum atomic E-state index is -3.13. The maximum absolute atomic E-state index is 14.3. The molecule has 2 aromatic carbocycles. The minimum Gasteiger partial charge on any atom is -0.460 e. The number of aromatic nitrogens is 4. The van der Waals surface area contributed by atoms with Gasteiger partial charge >= 0.3 is 18.0 Å². The van der Waals surface area contributed by atoms with Crippen molar-refractivity contribution in [2.75, 3.05) is 12.3 Å². The van der Waals surface area contributed by atoms with Gasteiger partial charge in [-0.05, 0) is 36.2 Å². The molecule has 0 bridgehead atoms. The lowest BCUT2D eigenvalue weighted by molar-refractivity contribution is -0.163. The van der Waals surface area contributed by atoms with Gasteiger partial charge in [-0.2, -0.15) is 14.4 Å². The number of halogens is 1. The first kappa shape index (κ1) is 35.7. The number of imidazole rings is 1. The number of nitrogen functional groups attached to an aromatic ring is 1. The first-order valence-electron chi connectivity index (χ1n) is 16.1. The fourth-order valence-electron chi connectivity index (χ4n) is 6.26. The molecule has 258 valence electrons. The maximum Gasteiger partial charge on any atom is 0.312 e. The number of fused-ring (bicyclic) bond motifs is 1. The van der Waals surface area contributed by atoms with Gasteiger partial charge in [-0.25, -0.2) is 4.98 Å². The van der Waals surface area contributed by atoms with Crippen LogP contribution in [0.25, 0.3) is 11.2 Å². The number of ether oxygens (including phenoxy) is 3. The van der Waals surface area contributed by atoms with Crippen LogP contribution >= 0.6 is 0 Å². The van der Waals surface area contributed by atoms with Crippen LogP contribution in [0.2, 0.25) is 5.04 Å². The smallest absolute Gasteiger partial charge is 0.312 e. The van der Waals surface area contributed by atoms with E-state index < -0.39 is 54.9 Å². The second-order valence-corrected chi connectivity index (χ2v) is 18.4. The van der Waals surface area contributed by atoms with Crippen LogP contribution in [0, 0.1) is 18.4 Å². The van der Waals surface area contributed by atoms with Crippen molar-refractivity contribution in [3.63, 3.8) is 0 Å². The number of benzene rings is 2. The summed E-state index contributed by atoms with van der Waals surface area (Å²) in [5, 5.41) is 1.64. The zero-order valence-corrected chi connectivity index (χ0v) is 29.6. The number of rotatable bonds is 10. The molecule has 5 rings (SSSR count).